The summed E-state index contributed by atoms with van der Waals surface area (Å²) < 4.78 is 27.5. The van der Waals surface area contributed by atoms with Crippen LogP contribution in [0, 0.1) is 0 Å². The molecule has 5 heteroatoms. The molecule has 1 atom stereocenters. The maximum atomic E-state index is 5.71. The summed E-state index contributed by atoms with van der Waals surface area (Å²) in [5.41, 5.74) is 0. The van der Waals surface area contributed by atoms with Crippen LogP contribution in [0.2, 0.25) is 0 Å². The van der Waals surface area contributed by atoms with Gasteiger partial charge >= 0.3 is 0 Å². The summed E-state index contributed by atoms with van der Waals surface area (Å²) in [5, 5.41) is 0. The molecule has 1 rings (SSSR count). The van der Waals surface area contributed by atoms with E-state index in [4.69, 9.17) is 23.7 Å². The van der Waals surface area contributed by atoms with E-state index in [1.165, 1.54) is 38.5 Å². The van der Waals surface area contributed by atoms with Crippen molar-refractivity contribution >= 4 is 0 Å². The predicted molar refractivity (Wildman–Crippen MR) is 125 cm³/mol. The summed E-state index contributed by atoms with van der Waals surface area (Å²) in [7, 11) is 0. The van der Waals surface area contributed by atoms with Crippen LogP contribution in [0.4, 0.5) is 0 Å². The highest BCUT2D eigenvalue weighted by Gasteiger charge is 2.31. The molecule has 1 fully saturated rings. The molecule has 0 aliphatic carbocycles. The molecule has 0 N–H and O–H groups in total. The van der Waals surface area contributed by atoms with Gasteiger partial charge in [-0.15, -0.1) is 0 Å². The lowest BCUT2D eigenvalue weighted by Gasteiger charge is -2.32. The van der Waals surface area contributed by atoms with Gasteiger partial charge in [-0.25, -0.2) is 0 Å². The van der Waals surface area contributed by atoms with E-state index in [1.807, 2.05) is 27.7 Å². The highest BCUT2D eigenvalue weighted by molar-refractivity contribution is 4.76. The fraction of sp³-hybridized carbons (Fsp3) is 0.920. The first kappa shape index (κ1) is 29.5. The molecule has 180 valence electrons. The number of rotatable bonds is 20. The molecular formula is C25H50O5. The molecule has 0 aromatic rings. The van der Waals surface area contributed by atoms with Crippen LogP contribution < -0.4 is 0 Å². The van der Waals surface area contributed by atoms with Gasteiger partial charge in [0, 0.05) is 32.8 Å². The monoisotopic (exact) mass is 430 g/mol. The van der Waals surface area contributed by atoms with E-state index in [0.29, 0.717) is 25.9 Å². The van der Waals surface area contributed by atoms with E-state index in [-0.39, 0.29) is 0 Å². The van der Waals surface area contributed by atoms with Gasteiger partial charge in [-0.05, 0) is 47.0 Å². The van der Waals surface area contributed by atoms with Crippen LogP contribution in [0.3, 0.4) is 0 Å². The van der Waals surface area contributed by atoms with Crippen molar-refractivity contribution in [1.29, 1.82) is 0 Å². The maximum absolute atomic E-state index is 5.71. The van der Waals surface area contributed by atoms with Gasteiger partial charge in [-0.2, -0.15) is 0 Å². The summed E-state index contributed by atoms with van der Waals surface area (Å²) in [4.78, 5) is 0. The number of unbranched alkanes of at least 4 members (excludes halogenated alkanes) is 7. The second-order valence-corrected chi connectivity index (χ2v) is 7.59. The van der Waals surface area contributed by atoms with Crippen LogP contribution in [0.25, 0.3) is 0 Å². The second-order valence-electron chi connectivity index (χ2n) is 7.59. The Morgan fingerprint density at radius 1 is 0.833 bits per heavy atom. The van der Waals surface area contributed by atoms with E-state index in [2.05, 4.69) is 19.1 Å². The minimum atomic E-state index is -0.804. The van der Waals surface area contributed by atoms with Crippen molar-refractivity contribution in [2.45, 2.75) is 111 Å². The van der Waals surface area contributed by atoms with E-state index < -0.39 is 5.97 Å². The topological polar surface area (TPSA) is 49.5 Å². The molecule has 0 spiro atoms. The smallest absolute Gasteiger partial charge is 0.282 e. The molecule has 0 radical (unpaired) electrons. The van der Waals surface area contributed by atoms with E-state index >= 15 is 0 Å². The van der Waals surface area contributed by atoms with Crippen LogP contribution in [0.5, 0.6) is 0 Å². The summed E-state index contributed by atoms with van der Waals surface area (Å²) in [5.74, 6) is -0.804. The molecule has 30 heavy (non-hydrogen) atoms. The summed E-state index contributed by atoms with van der Waals surface area (Å²) >= 11 is 0. The quantitative estimate of drug-likeness (QED) is 0.0936. The van der Waals surface area contributed by atoms with Crippen LogP contribution in [-0.2, 0) is 23.7 Å². The van der Waals surface area contributed by atoms with Crippen molar-refractivity contribution in [3.63, 3.8) is 0 Å². The first-order valence-electron chi connectivity index (χ1n) is 12.4. The van der Waals surface area contributed by atoms with E-state index in [9.17, 15) is 0 Å². The Balaban J connectivity index is 0.000000642. The standard InChI is InChI=1S/C16H34O3.C9H16O2/c1-5-9-10-11-12-13-14-15-16(17-6-2,18-7-3)19-8-4;1-2-3-4-5-6-10-7-9-8-11-9/h5-15H2,1-4H3;2-3,9H,4-8H2,1H3. The molecule has 5 nitrogen and oxygen atoms in total. The zero-order valence-corrected chi connectivity index (χ0v) is 20.6. The van der Waals surface area contributed by atoms with E-state index in [0.717, 1.165) is 45.5 Å². The fourth-order valence-electron chi connectivity index (χ4n) is 3.15. The maximum Gasteiger partial charge on any atom is 0.282 e. The van der Waals surface area contributed by atoms with Gasteiger partial charge in [0.05, 0.1) is 13.2 Å². The minimum Gasteiger partial charge on any atom is -0.379 e. The third-order valence-electron chi connectivity index (χ3n) is 4.78. The summed E-state index contributed by atoms with van der Waals surface area (Å²) in [6.45, 7) is 14.7. The Bertz CT molecular complexity index is 352. The highest BCUT2D eigenvalue weighted by atomic mass is 16.9. The molecule has 0 saturated carbocycles. The molecule has 1 heterocycles. The van der Waals surface area contributed by atoms with Crippen LogP contribution in [0.15, 0.2) is 12.2 Å². The number of allylic oxidation sites excluding steroid dienone is 2. The van der Waals surface area contributed by atoms with Gasteiger partial charge in [-0.1, -0.05) is 57.6 Å². The normalized spacial score (nSPS) is 16.0. The Kier molecular flexibility index (Phi) is 21.4. The zero-order chi connectivity index (χ0) is 22.3. The first-order valence-corrected chi connectivity index (χ1v) is 12.4. The summed E-state index contributed by atoms with van der Waals surface area (Å²) in [6.07, 6.45) is 16.8. The van der Waals surface area contributed by atoms with Crippen molar-refractivity contribution in [3.8, 4) is 0 Å². The minimum absolute atomic E-state index is 0.414. The molecule has 1 aliphatic heterocycles. The number of hydrogen-bond donors (Lipinski definition) is 0. The van der Waals surface area contributed by atoms with Gasteiger partial charge in [0.1, 0.15) is 6.10 Å². The van der Waals surface area contributed by atoms with Crippen LogP contribution >= 0.6 is 0 Å². The molecule has 0 aromatic heterocycles. The van der Waals surface area contributed by atoms with Gasteiger partial charge in [0.15, 0.2) is 0 Å². The lowest BCUT2D eigenvalue weighted by Crippen LogP contribution is -2.39. The van der Waals surface area contributed by atoms with Gasteiger partial charge < -0.3 is 23.7 Å². The van der Waals surface area contributed by atoms with Crippen LogP contribution in [0.1, 0.15) is 98.8 Å². The Labute approximate surface area is 186 Å². The second kappa shape index (κ2) is 21.8. The third-order valence-corrected chi connectivity index (χ3v) is 4.78. The van der Waals surface area contributed by atoms with Gasteiger partial charge in [-0.3, -0.25) is 0 Å². The average molecular weight is 431 g/mol. The lowest BCUT2D eigenvalue weighted by atomic mass is 10.1. The van der Waals surface area contributed by atoms with Crippen molar-refractivity contribution < 1.29 is 23.7 Å². The largest absolute Gasteiger partial charge is 0.379 e. The molecule has 1 unspecified atom stereocenters. The average Bonchev–Trinajstić information content (AvgIpc) is 3.56. The molecule has 1 saturated heterocycles. The Hall–Kier alpha value is -0.460. The number of hydrogen-bond acceptors (Lipinski definition) is 5. The highest BCUT2D eigenvalue weighted by Crippen LogP contribution is 2.24. The molecule has 1 aliphatic rings. The molecular weight excluding hydrogens is 380 g/mol. The van der Waals surface area contributed by atoms with Crippen molar-refractivity contribution in [2.24, 2.45) is 0 Å². The zero-order valence-electron chi connectivity index (χ0n) is 20.6. The van der Waals surface area contributed by atoms with Gasteiger partial charge in [0.25, 0.3) is 5.97 Å². The molecule has 0 bridgehead atoms. The summed E-state index contributed by atoms with van der Waals surface area (Å²) in [6, 6.07) is 0. The first-order chi connectivity index (χ1) is 14.7. The molecule has 0 aromatic carbocycles. The van der Waals surface area contributed by atoms with Crippen molar-refractivity contribution in [1.82, 2.24) is 0 Å². The number of ether oxygens (including phenoxy) is 5. The Morgan fingerprint density at radius 3 is 1.90 bits per heavy atom. The van der Waals surface area contributed by atoms with Gasteiger partial charge in [0.2, 0.25) is 0 Å². The van der Waals surface area contributed by atoms with Crippen molar-refractivity contribution in [3.05, 3.63) is 12.2 Å². The SMILES string of the molecule is CC=CCCCOCC1CO1.CCCCCCCCCC(OCC)(OCC)OCC. The number of epoxide rings is 1. The lowest BCUT2D eigenvalue weighted by molar-refractivity contribution is -0.380. The van der Waals surface area contributed by atoms with Crippen molar-refractivity contribution in [2.75, 3.05) is 39.6 Å². The van der Waals surface area contributed by atoms with E-state index in [1.54, 1.807) is 0 Å². The van der Waals surface area contributed by atoms with Crippen LogP contribution in [-0.4, -0.2) is 51.7 Å². The predicted octanol–water partition coefficient (Wildman–Crippen LogP) is 6.65. The fourth-order valence-corrected chi connectivity index (χ4v) is 3.15. The third kappa shape index (κ3) is 18.3. The molecule has 0 amide bonds. The Morgan fingerprint density at radius 2 is 1.40 bits per heavy atom.